The molecule has 3 aliphatic rings. The molecule has 4 atom stereocenters. The van der Waals surface area contributed by atoms with Gasteiger partial charge in [-0.15, -0.1) is 0 Å². The molecule has 2 fully saturated rings. The number of rotatable bonds is 7. The number of carbonyl (C=O) groups excluding carboxylic acids is 2. The molecular formula is C23H20N4O6. The summed E-state index contributed by atoms with van der Waals surface area (Å²) in [5.74, 6) is 0.116. The Balaban J connectivity index is 1.34. The molecule has 2 bridgehead atoms. The zero-order chi connectivity index (χ0) is 23.1. The Labute approximate surface area is 188 Å². The van der Waals surface area contributed by atoms with Crippen LogP contribution in [0.15, 0.2) is 53.8 Å². The molecule has 1 aromatic carbocycles. The number of hydrazone groups is 1. The number of imide groups is 1. The van der Waals surface area contributed by atoms with Crippen LogP contribution in [0, 0.1) is 33.8 Å². The lowest BCUT2D eigenvalue weighted by atomic mass is 9.85. The number of aromatic nitrogens is 1. The van der Waals surface area contributed by atoms with E-state index in [0.29, 0.717) is 23.7 Å². The summed E-state index contributed by atoms with van der Waals surface area (Å²) in [5, 5.41) is 16.0. The Bertz CT molecular complexity index is 1160. The van der Waals surface area contributed by atoms with Gasteiger partial charge in [0.1, 0.15) is 6.20 Å². The molecule has 1 aromatic heterocycles. The average molecular weight is 448 g/mol. The lowest BCUT2D eigenvalue weighted by molar-refractivity contribution is -0.385. The van der Waals surface area contributed by atoms with Gasteiger partial charge in [0.15, 0.2) is 11.5 Å². The quantitative estimate of drug-likeness (QED) is 0.209. The minimum absolute atomic E-state index is 0.130. The van der Waals surface area contributed by atoms with Gasteiger partial charge in [0, 0.05) is 12.1 Å². The number of nitro groups is 1. The number of hydrogen-bond acceptors (Lipinski definition) is 8. The van der Waals surface area contributed by atoms with Crippen LogP contribution in [0.2, 0.25) is 0 Å². The fourth-order valence-electron chi connectivity index (χ4n) is 4.74. The third-order valence-corrected chi connectivity index (χ3v) is 6.18. The molecule has 10 heteroatoms. The highest BCUT2D eigenvalue weighted by molar-refractivity contribution is 6.06. The van der Waals surface area contributed by atoms with Gasteiger partial charge in [-0.3, -0.25) is 19.7 Å². The Morgan fingerprint density at radius 1 is 1.15 bits per heavy atom. The topological polar surface area (TPSA) is 124 Å². The van der Waals surface area contributed by atoms with Crippen LogP contribution >= 0.6 is 0 Å². The van der Waals surface area contributed by atoms with E-state index in [0.717, 1.165) is 17.6 Å². The predicted molar refractivity (Wildman–Crippen MR) is 116 cm³/mol. The molecule has 2 aliphatic carbocycles. The van der Waals surface area contributed by atoms with Crippen LogP contribution in [0.5, 0.6) is 17.4 Å². The zero-order valence-corrected chi connectivity index (χ0v) is 17.7. The van der Waals surface area contributed by atoms with Crippen molar-refractivity contribution in [1.29, 1.82) is 0 Å². The van der Waals surface area contributed by atoms with E-state index in [1.54, 1.807) is 18.2 Å². The van der Waals surface area contributed by atoms with Gasteiger partial charge in [0.2, 0.25) is 5.88 Å². The van der Waals surface area contributed by atoms with E-state index in [9.17, 15) is 19.7 Å². The molecule has 1 aliphatic heterocycles. The third-order valence-electron chi connectivity index (χ3n) is 6.18. The molecule has 2 heterocycles. The van der Waals surface area contributed by atoms with Gasteiger partial charge in [0.25, 0.3) is 17.5 Å². The van der Waals surface area contributed by atoms with Crippen LogP contribution in [-0.4, -0.2) is 39.6 Å². The summed E-state index contributed by atoms with van der Waals surface area (Å²) in [7, 11) is 0. The fraction of sp³-hybridized carbons (Fsp3) is 0.304. The van der Waals surface area contributed by atoms with Crippen molar-refractivity contribution in [2.75, 3.05) is 6.61 Å². The van der Waals surface area contributed by atoms with Gasteiger partial charge >= 0.3 is 0 Å². The molecule has 33 heavy (non-hydrogen) atoms. The van der Waals surface area contributed by atoms with Gasteiger partial charge in [-0.1, -0.05) is 12.2 Å². The number of amides is 2. The summed E-state index contributed by atoms with van der Waals surface area (Å²) < 4.78 is 11.4. The first-order valence-electron chi connectivity index (χ1n) is 10.6. The Hall–Kier alpha value is -4.08. The van der Waals surface area contributed by atoms with Crippen LogP contribution < -0.4 is 9.47 Å². The second-order valence-electron chi connectivity index (χ2n) is 8.09. The largest absolute Gasteiger partial charge is 0.490 e. The van der Waals surface area contributed by atoms with Gasteiger partial charge in [-0.2, -0.15) is 10.1 Å². The maximum absolute atomic E-state index is 12.8. The van der Waals surface area contributed by atoms with Crippen molar-refractivity contribution in [3.8, 4) is 17.4 Å². The molecule has 2 amide bonds. The van der Waals surface area contributed by atoms with E-state index >= 15 is 0 Å². The van der Waals surface area contributed by atoms with Crippen molar-refractivity contribution in [1.82, 2.24) is 9.99 Å². The van der Waals surface area contributed by atoms with E-state index < -0.39 is 4.92 Å². The fourth-order valence-corrected chi connectivity index (χ4v) is 4.74. The minimum Gasteiger partial charge on any atom is -0.490 e. The maximum atomic E-state index is 12.8. The van der Waals surface area contributed by atoms with E-state index in [1.807, 2.05) is 19.1 Å². The van der Waals surface area contributed by atoms with Gasteiger partial charge < -0.3 is 9.47 Å². The van der Waals surface area contributed by atoms with Gasteiger partial charge in [0.05, 0.1) is 29.6 Å². The standard InChI is InChI=1S/C23H20N4O6/c1-2-32-18-9-13(3-7-17(18)33-19-8-6-16(12-24-19)27(30)31)11-25-26-22(28)20-14-4-5-15(10-14)21(20)23(26)29/h3-9,11-12,14-15,20-21H,2,10H2,1H3. The molecule has 5 rings (SSSR count). The lowest BCUT2D eigenvalue weighted by Gasteiger charge is -2.13. The molecule has 0 radical (unpaired) electrons. The number of benzene rings is 1. The Morgan fingerprint density at radius 2 is 1.88 bits per heavy atom. The van der Waals surface area contributed by atoms with E-state index in [1.165, 1.54) is 18.3 Å². The van der Waals surface area contributed by atoms with E-state index in [2.05, 4.69) is 10.1 Å². The number of nitrogens with zero attached hydrogens (tertiary/aromatic N) is 4. The highest BCUT2D eigenvalue weighted by Gasteiger charge is 2.59. The van der Waals surface area contributed by atoms with Crippen LogP contribution in [0.3, 0.4) is 0 Å². The second-order valence-corrected chi connectivity index (χ2v) is 8.09. The zero-order valence-electron chi connectivity index (χ0n) is 17.7. The number of carbonyl (C=O) groups is 2. The molecule has 10 nitrogen and oxygen atoms in total. The first-order chi connectivity index (χ1) is 16.0. The van der Waals surface area contributed by atoms with Gasteiger partial charge in [-0.25, -0.2) is 4.98 Å². The van der Waals surface area contributed by atoms with Crippen molar-refractivity contribution in [2.24, 2.45) is 28.8 Å². The first kappa shape index (κ1) is 20.8. The smallest absolute Gasteiger partial charge is 0.287 e. The third kappa shape index (κ3) is 3.63. The first-order valence-corrected chi connectivity index (χ1v) is 10.6. The minimum atomic E-state index is -0.541. The van der Waals surface area contributed by atoms with E-state index in [-0.39, 0.29) is 47.1 Å². The number of hydrogen-bond donors (Lipinski definition) is 0. The van der Waals surface area contributed by atoms with Crippen LogP contribution in [0.25, 0.3) is 0 Å². The number of allylic oxidation sites excluding steroid dienone is 2. The SMILES string of the molecule is CCOc1cc(C=NN2C(=O)C3C4C=CC(C4)C3C2=O)ccc1Oc1ccc([N+](=O)[O-])cn1. The van der Waals surface area contributed by atoms with Crippen molar-refractivity contribution in [3.05, 3.63) is 64.4 Å². The van der Waals surface area contributed by atoms with Crippen molar-refractivity contribution >= 4 is 23.7 Å². The Morgan fingerprint density at radius 3 is 2.48 bits per heavy atom. The summed E-state index contributed by atoms with van der Waals surface area (Å²) in [6.07, 6.45) is 7.50. The predicted octanol–water partition coefficient (Wildman–Crippen LogP) is 3.32. The van der Waals surface area contributed by atoms with Gasteiger partial charge in [-0.05, 0) is 48.9 Å². The molecule has 2 aromatic rings. The van der Waals surface area contributed by atoms with Crippen molar-refractivity contribution in [2.45, 2.75) is 13.3 Å². The summed E-state index contributed by atoms with van der Waals surface area (Å²) in [6.45, 7) is 2.18. The highest BCUT2D eigenvalue weighted by atomic mass is 16.6. The highest BCUT2D eigenvalue weighted by Crippen LogP contribution is 2.52. The molecule has 1 saturated heterocycles. The average Bonchev–Trinajstić information content (AvgIpc) is 3.49. The normalized spacial score (nSPS) is 25.2. The molecule has 1 saturated carbocycles. The van der Waals surface area contributed by atoms with E-state index in [4.69, 9.17) is 9.47 Å². The molecule has 168 valence electrons. The summed E-state index contributed by atoms with van der Waals surface area (Å²) in [5.41, 5.74) is 0.471. The number of fused-ring (bicyclic) bond motifs is 5. The van der Waals surface area contributed by atoms with Crippen LogP contribution in [-0.2, 0) is 9.59 Å². The molecule has 0 spiro atoms. The summed E-state index contributed by atoms with van der Waals surface area (Å²) in [4.78, 5) is 39.7. The monoisotopic (exact) mass is 448 g/mol. The molecule has 4 unspecified atom stereocenters. The molecule has 0 N–H and O–H groups in total. The number of pyridine rings is 1. The summed E-state index contributed by atoms with van der Waals surface area (Å²) in [6, 6.07) is 7.70. The maximum Gasteiger partial charge on any atom is 0.287 e. The number of ether oxygens (including phenoxy) is 2. The van der Waals surface area contributed by atoms with Crippen LogP contribution in [0.1, 0.15) is 18.9 Å². The van der Waals surface area contributed by atoms with Crippen LogP contribution in [0.4, 0.5) is 5.69 Å². The second kappa shape index (κ2) is 8.12. The molecular weight excluding hydrogens is 428 g/mol. The summed E-state index contributed by atoms with van der Waals surface area (Å²) >= 11 is 0. The van der Waals surface area contributed by atoms with Crippen molar-refractivity contribution in [3.63, 3.8) is 0 Å². The lowest BCUT2D eigenvalue weighted by Crippen LogP contribution is -2.28. The van der Waals surface area contributed by atoms with Crippen molar-refractivity contribution < 1.29 is 24.0 Å². The Kier molecular flexibility index (Phi) is 5.12.